The number of allylic oxidation sites excluding steroid dienone is 1. The van der Waals surface area contributed by atoms with Crippen LogP contribution in [-0.4, -0.2) is 17.5 Å². The fourth-order valence-electron chi connectivity index (χ4n) is 2.34. The molecular formula is C14H15NO4. The Morgan fingerprint density at radius 1 is 1.47 bits per heavy atom. The Bertz CT molecular complexity index is 575. The van der Waals surface area contributed by atoms with E-state index in [2.05, 4.69) is 0 Å². The first-order valence-electron chi connectivity index (χ1n) is 6.15. The van der Waals surface area contributed by atoms with Gasteiger partial charge in [-0.3, -0.25) is 14.9 Å². The maximum Gasteiger partial charge on any atom is 0.310 e. The number of hydrogen-bond acceptors (Lipinski definition) is 4. The second-order valence-corrected chi connectivity index (χ2v) is 4.52. The fourth-order valence-corrected chi connectivity index (χ4v) is 2.34. The zero-order chi connectivity index (χ0) is 14.0. The van der Waals surface area contributed by atoms with Crippen LogP contribution in [0.1, 0.15) is 31.4 Å². The van der Waals surface area contributed by atoms with Gasteiger partial charge in [-0.1, -0.05) is 11.6 Å². The molecule has 0 N–H and O–H groups in total. The summed E-state index contributed by atoms with van der Waals surface area (Å²) in [5.41, 5.74) is 3.82. The number of non-ortho nitro benzene ring substituents is 1. The third-order valence-electron chi connectivity index (χ3n) is 3.23. The summed E-state index contributed by atoms with van der Waals surface area (Å²) in [6.07, 6.45) is 0.913. The number of nitro groups is 1. The van der Waals surface area contributed by atoms with Gasteiger partial charge in [0, 0.05) is 12.1 Å². The van der Waals surface area contributed by atoms with E-state index in [0.29, 0.717) is 6.61 Å². The number of benzene rings is 1. The van der Waals surface area contributed by atoms with Crippen LogP contribution in [0.2, 0.25) is 0 Å². The molecule has 1 aromatic carbocycles. The van der Waals surface area contributed by atoms with Crippen molar-refractivity contribution < 1.29 is 14.5 Å². The van der Waals surface area contributed by atoms with E-state index >= 15 is 0 Å². The van der Waals surface area contributed by atoms with E-state index in [9.17, 15) is 14.9 Å². The molecule has 0 unspecified atom stereocenters. The van der Waals surface area contributed by atoms with Crippen LogP contribution < -0.4 is 0 Å². The van der Waals surface area contributed by atoms with Crippen molar-refractivity contribution in [1.29, 1.82) is 0 Å². The van der Waals surface area contributed by atoms with Gasteiger partial charge in [-0.05, 0) is 37.0 Å². The molecule has 0 atom stereocenters. The van der Waals surface area contributed by atoms with E-state index in [1.165, 1.54) is 6.07 Å². The smallest absolute Gasteiger partial charge is 0.310 e. The third-order valence-corrected chi connectivity index (χ3v) is 3.23. The highest BCUT2D eigenvalue weighted by atomic mass is 16.6. The van der Waals surface area contributed by atoms with E-state index in [1.54, 1.807) is 19.1 Å². The normalized spacial score (nSPS) is 13.4. The topological polar surface area (TPSA) is 69.4 Å². The predicted molar refractivity (Wildman–Crippen MR) is 70.6 cm³/mol. The molecule has 2 rings (SSSR count). The van der Waals surface area contributed by atoms with Gasteiger partial charge in [-0.2, -0.15) is 0 Å². The molecule has 0 saturated heterocycles. The van der Waals surface area contributed by atoms with Crippen molar-refractivity contribution in [2.45, 2.75) is 26.7 Å². The van der Waals surface area contributed by atoms with E-state index in [1.807, 2.05) is 6.92 Å². The minimum absolute atomic E-state index is 0.0507. The number of fused-ring (bicyclic) bond motifs is 1. The molecule has 0 spiro atoms. The molecular weight excluding hydrogens is 246 g/mol. The van der Waals surface area contributed by atoms with Crippen molar-refractivity contribution in [3.63, 3.8) is 0 Å². The molecule has 1 aliphatic carbocycles. The highest BCUT2D eigenvalue weighted by molar-refractivity contribution is 5.89. The van der Waals surface area contributed by atoms with Crippen molar-refractivity contribution in [3.05, 3.63) is 45.0 Å². The van der Waals surface area contributed by atoms with Gasteiger partial charge in [0.25, 0.3) is 5.69 Å². The summed E-state index contributed by atoms with van der Waals surface area (Å²) in [7, 11) is 0. The lowest BCUT2D eigenvalue weighted by atomic mass is 10.0. The van der Waals surface area contributed by atoms with Crippen molar-refractivity contribution >= 4 is 17.2 Å². The van der Waals surface area contributed by atoms with Gasteiger partial charge < -0.3 is 4.74 Å². The molecule has 1 aliphatic rings. The lowest BCUT2D eigenvalue weighted by molar-refractivity contribution is -0.384. The Morgan fingerprint density at radius 2 is 2.21 bits per heavy atom. The van der Waals surface area contributed by atoms with Gasteiger partial charge in [0.05, 0.1) is 18.0 Å². The second kappa shape index (κ2) is 5.22. The number of hydrogen-bond donors (Lipinski definition) is 0. The average Bonchev–Trinajstić information content (AvgIpc) is 2.65. The summed E-state index contributed by atoms with van der Waals surface area (Å²) in [5.74, 6) is -0.295. The molecule has 0 aromatic heterocycles. The first-order chi connectivity index (χ1) is 9.02. The van der Waals surface area contributed by atoms with Crippen LogP contribution in [0.3, 0.4) is 0 Å². The Labute approximate surface area is 111 Å². The van der Waals surface area contributed by atoms with Crippen molar-refractivity contribution in [2.24, 2.45) is 0 Å². The number of nitro benzene ring substituents is 1. The van der Waals surface area contributed by atoms with Crippen molar-refractivity contribution in [2.75, 3.05) is 6.61 Å². The maximum absolute atomic E-state index is 11.6. The number of carbonyl (C=O) groups excluding carboxylic acids is 1. The molecule has 5 nitrogen and oxygen atoms in total. The van der Waals surface area contributed by atoms with Gasteiger partial charge in [0.1, 0.15) is 0 Å². The summed E-state index contributed by atoms with van der Waals surface area (Å²) in [4.78, 5) is 22.0. The van der Waals surface area contributed by atoms with Crippen LogP contribution in [-0.2, 0) is 16.0 Å². The van der Waals surface area contributed by atoms with Crippen LogP contribution in [0.15, 0.2) is 23.8 Å². The van der Waals surface area contributed by atoms with Gasteiger partial charge in [0.2, 0.25) is 0 Å². The van der Waals surface area contributed by atoms with Crippen LogP contribution in [0.4, 0.5) is 5.69 Å². The van der Waals surface area contributed by atoms with Gasteiger partial charge in [0.15, 0.2) is 0 Å². The SMILES string of the molecule is CCOC(=O)CC1=C(C)Cc2ccc([N+](=O)[O-])cc21. The van der Waals surface area contributed by atoms with Gasteiger partial charge in [-0.15, -0.1) is 0 Å². The third kappa shape index (κ3) is 2.65. The molecule has 0 amide bonds. The van der Waals surface area contributed by atoms with E-state index in [-0.39, 0.29) is 18.1 Å². The number of carbonyl (C=O) groups is 1. The zero-order valence-corrected chi connectivity index (χ0v) is 10.9. The second-order valence-electron chi connectivity index (χ2n) is 4.52. The van der Waals surface area contributed by atoms with Crippen molar-refractivity contribution in [1.82, 2.24) is 0 Å². The van der Waals surface area contributed by atoms with Crippen LogP contribution in [0.25, 0.3) is 5.57 Å². The number of esters is 1. The minimum Gasteiger partial charge on any atom is -0.466 e. The van der Waals surface area contributed by atoms with Crippen LogP contribution in [0, 0.1) is 10.1 Å². The lowest BCUT2D eigenvalue weighted by Crippen LogP contribution is -2.05. The highest BCUT2D eigenvalue weighted by Crippen LogP contribution is 2.36. The zero-order valence-electron chi connectivity index (χ0n) is 10.9. The number of ether oxygens (including phenoxy) is 1. The Kier molecular flexibility index (Phi) is 3.64. The molecule has 5 heteroatoms. The number of rotatable bonds is 4. The average molecular weight is 261 g/mol. The maximum atomic E-state index is 11.6. The monoisotopic (exact) mass is 261 g/mol. The summed E-state index contributed by atoms with van der Waals surface area (Å²) < 4.78 is 4.94. The van der Waals surface area contributed by atoms with Crippen LogP contribution >= 0.6 is 0 Å². The van der Waals surface area contributed by atoms with E-state index < -0.39 is 4.92 Å². The summed E-state index contributed by atoms with van der Waals surface area (Å²) >= 11 is 0. The van der Waals surface area contributed by atoms with E-state index in [0.717, 1.165) is 28.7 Å². The Balaban J connectivity index is 2.32. The largest absolute Gasteiger partial charge is 0.466 e. The summed E-state index contributed by atoms with van der Waals surface area (Å²) in [5, 5.41) is 10.8. The van der Waals surface area contributed by atoms with Gasteiger partial charge >= 0.3 is 5.97 Å². The van der Waals surface area contributed by atoms with E-state index in [4.69, 9.17) is 4.74 Å². The fraction of sp³-hybridized carbons (Fsp3) is 0.357. The molecule has 1 aromatic rings. The molecule has 100 valence electrons. The minimum atomic E-state index is -0.421. The lowest BCUT2D eigenvalue weighted by Gasteiger charge is -2.06. The molecule has 0 bridgehead atoms. The van der Waals surface area contributed by atoms with Gasteiger partial charge in [-0.25, -0.2) is 0 Å². The quantitative estimate of drug-likeness (QED) is 0.474. The molecule has 19 heavy (non-hydrogen) atoms. The Hall–Kier alpha value is -2.17. The standard InChI is InChI=1S/C14H15NO4/c1-3-19-14(16)8-12-9(2)6-10-4-5-11(15(17)18)7-13(10)12/h4-5,7H,3,6,8H2,1-2H3. The first-order valence-corrected chi connectivity index (χ1v) is 6.15. The summed E-state index contributed by atoms with van der Waals surface area (Å²) in [6.45, 7) is 4.04. The predicted octanol–water partition coefficient (Wildman–Crippen LogP) is 2.88. The first kappa shape index (κ1) is 13.3. The molecule has 0 aliphatic heterocycles. The molecule has 0 fully saturated rings. The Morgan fingerprint density at radius 3 is 2.84 bits per heavy atom. The van der Waals surface area contributed by atoms with Crippen molar-refractivity contribution in [3.8, 4) is 0 Å². The molecule has 0 radical (unpaired) electrons. The van der Waals surface area contributed by atoms with Crippen LogP contribution in [0.5, 0.6) is 0 Å². The molecule has 0 saturated carbocycles. The molecule has 0 heterocycles. The highest BCUT2D eigenvalue weighted by Gasteiger charge is 2.23. The number of nitrogens with zero attached hydrogens (tertiary/aromatic N) is 1. The summed E-state index contributed by atoms with van der Waals surface area (Å²) in [6, 6.07) is 4.80.